The molecule has 0 spiro atoms. The Morgan fingerprint density at radius 2 is 1.88 bits per heavy atom. The lowest BCUT2D eigenvalue weighted by Crippen LogP contribution is -2.27. The minimum Gasteiger partial charge on any atom is -0.465 e. The molecule has 0 radical (unpaired) electrons. The highest BCUT2D eigenvalue weighted by atomic mass is 32.1. The van der Waals surface area contributed by atoms with E-state index in [2.05, 4.69) is 31.9 Å². The number of halogens is 1. The van der Waals surface area contributed by atoms with E-state index in [9.17, 15) is 23.6 Å². The molecule has 0 aliphatic heterocycles. The number of hydrogen-bond donors (Lipinski definition) is 2. The van der Waals surface area contributed by atoms with E-state index in [0.717, 1.165) is 24.5 Å². The molecule has 0 saturated heterocycles. The Morgan fingerprint density at radius 3 is 2.47 bits per heavy atom. The average molecular weight is 491 g/mol. The molecule has 1 heterocycles. The van der Waals surface area contributed by atoms with Gasteiger partial charge in [0.25, 0.3) is 11.8 Å². The maximum absolute atomic E-state index is 14.5. The zero-order chi connectivity index (χ0) is 25.6. The second-order valence-electron chi connectivity index (χ2n) is 7.79. The first kappa shape index (κ1) is 26.3. The van der Waals surface area contributed by atoms with Gasteiger partial charge in [-0.3, -0.25) is 14.9 Å². The number of methoxy groups -OCH3 is 1. The highest BCUT2D eigenvalue weighted by Gasteiger charge is 2.19. The highest BCUT2D eigenvalue weighted by Crippen LogP contribution is 2.27. The number of nitrogens with one attached hydrogen (secondary N) is 2. The van der Waals surface area contributed by atoms with E-state index >= 15 is 0 Å². The quantitative estimate of drug-likeness (QED) is 0.358. The first-order valence-electron chi connectivity index (χ1n) is 9.74. The number of aromatic nitrogens is 1. The number of carbonyl (C=O) groups excluding carboxylic acids is 4. The summed E-state index contributed by atoms with van der Waals surface area (Å²) in [5, 5.41) is 6.31. The Labute approximate surface area is 198 Å². The van der Waals surface area contributed by atoms with Crippen molar-refractivity contribution < 1.29 is 33.0 Å². The van der Waals surface area contributed by atoms with Crippen LogP contribution in [0.1, 0.15) is 38.2 Å². The summed E-state index contributed by atoms with van der Waals surface area (Å²) in [7, 11) is 1.14. The van der Waals surface area contributed by atoms with Crippen LogP contribution in [0.15, 0.2) is 40.8 Å². The molecule has 180 valence electrons. The predicted molar refractivity (Wildman–Crippen MR) is 124 cm³/mol. The number of nitrogens with zero attached hydrogens (tertiary/aromatic N) is 2. The molecular formula is C22H23FN4O6S. The Hall–Kier alpha value is -3.93. The third-order valence-electron chi connectivity index (χ3n) is 3.86. The fourth-order valence-electron chi connectivity index (χ4n) is 2.34. The molecule has 2 rings (SSSR count). The van der Waals surface area contributed by atoms with E-state index in [4.69, 9.17) is 4.74 Å². The van der Waals surface area contributed by atoms with Crippen LogP contribution in [0.5, 0.6) is 0 Å². The maximum Gasteiger partial charge on any atom is 0.412 e. The number of carbonyl (C=O) groups is 4. The van der Waals surface area contributed by atoms with Crippen molar-refractivity contribution in [3.05, 3.63) is 47.4 Å². The van der Waals surface area contributed by atoms with Crippen LogP contribution >= 0.6 is 11.3 Å². The molecule has 0 fully saturated rings. The van der Waals surface area contributed by atoms with Gasteiger partial charge in [-0.1, -0.05) is 6.58 Å². The lowest BCUT2D eigenvalue weighted by atomic mass is 10.2. The van der Waals surface area contributed by atoms with Crippen molar-refractivity contribution in [2.45, 2.75) is 33.3 Å². The lowest BCUT2D eigenvalue weighted by Gasteiger charge is -2.19. The van der Waals surface area contributed by atoms with Gasteiger partial charge in [-0.25, -0.2) is 24.0 Å². The average Bonchev–Trinajstić information content (AvgIpc) is 3.23. The molecule has 0 saturated carbocycles. The smallest absolute Gasteiger partial charge is 0.412 e. The van der Waals surface area contributed by atoms with Crippen molar-refractivity contribution in [2.75, 3.05) is 12.4 Å². The molecule has 1 aromatic carbocycles. The number of thiazole rings is 1. The molecule has 2 aromatic rings. The SMILES string of the molecule is C=C(NC(=O)c1csc(-c2ccc(NC(=O)OC(C)(C)C)c(F)c2)n1)C(=O)N=C(C)C(=O)OC. The normalized spacial score (nSPS) is 11.4. The number of ether oxygens (including phenoxy) is 2. The topological polar surface area (TPSA) is 136 Å². The second-order valence-corrected chi connectivity index (χ2v) is 8.64. The van der Waals surface area contributed by atoms with E-state index in [0.29, 0.717) is 10.6 Å². The Morgan fingerprint density at radius 1 is 1.21 bits per heavy atom. The Kier molecular flexibility index (Phi) is 8.36. The summed E-state index contributed by atoms with van der Waals surface area (Å²) in [4.78, 5) is 55.2. The van der Waals surface area contributed by atoms with E-state index < -0.39 is 35.3 Å². The van der Waals surface area contributed by atoms with Crippen LogP contribution in [-0.4, -0.2) is 47.3 Å². The molecule has 12 heteroatoms. The van der Waals surface area contributed by atoms with Crippen LogP contribution < -0.4 is 10.6 Å². The Balaban J connectivity index is 2.08. The number of anilines is 1. The molecule has 0 bridgehead atoms. The van der Waals surface area contributed by atoms with Crippen LogP contribution in [0, 0.1) is 5.82 Å². The van der Waals surface area contributed by atoms with Gasteiger partial charge in [0.15, 0.2) is 0 Å². The van der Waals surface area contributed by atoms with Gasteiger partial charge >= 0.3 is 12.1 Å². The van der Waals surface area contributed by atoms with Gasteiger partial charge in [-0.05, 0) is 45.9 Å². The van der Waals surface area contributed by atoms with Gasteiger partial charge in [0.05, 0.1) is 12.8 Å². The molecule has 10 nitrogen and oxygen atoms in total. The Bertz CT molecular complexity index is 1180. The van der Waals surface area contributed by atoms with Crippen molar-refractivity contribution in [2.24, 2.45) is 4.99 Å². The number of esters is 1. The molecular weight excluding hydrogens is 467 g/mol. The monoisotopic (exact) mass is 490 g/mol. The van der Waals surface area contributed by atoms with Crippen molar-refractivity contribution in [3.63, 3.8) is 0 Å². The van der Waals surface area contributed by atoms with E-state index in [1.54, 1.807) is 20.8 Å². The van der Waals surface area contributed by atoms with Crippen LogP contribution in [-0.2, 0) is 19.1 Å². The fourth-order valence-corrected chi connectivity index (χ4v) is 3.14. The molecule has 0 unspecified atom stereocenters. The summed E-state index contributed by atoms with van der Waals surface area (Å²) >= 11 is 1.07. The molecule has 3 amide bonds. The number of aliphatic imine (C=N–C) groups is 1. The largest absolute Gasteiger partial charge is 0.465 e. The van der Waals surface area contributed by atoms with Crippen molar-refractivity contribution in [1.82, 2.24) is 10.3 Å². The standard InChI is InChI=1S/C22H23FN4O6S/c1-11(17(28)25-12(2)20(30)32-6)24-18(29)16-10-34-19(26-16)13-7-8-15(14(23)9-13)27-21(31)33-22(3,4)5/h7-10H,1H2,2-6H3,(H,24,29)(H,27,31). The van der Waals surface area contributed by atoms with Crippen molar-refractivity contribution in [3.8, 4) is 10.6 Å². The van der Waals surface area contributed by atoms with E-state index in [-0.39, 0.29) is 22.8 Å². The number of hydrogen-bond acceptors (Lipinski definition) is 8. The van der Waals surface area contributed by atoms with Crippen LogP contribution in [0.4, 0.5) is 14.9 Å². The summed E-state index contributed by atoms with van der Waals surface area (Å²) in [6.07, 6.45) is -0.798. The third-order valence-corrected chi connectivity index (χ3v) is 4.75. The van der Waals surface area contributed by atoms with Crippen molar-refractivity contribution in [1.29, 1.82) is 0 Å². The molecule has 0 atom stereocenters. The zero-order valence-corrected chi connectivity index (χ0v) is 20.0. The van der Waals surface area contributed by atoms with E-state index in [1.165, 1.54) is 24.4 Å². The lowest BCUT2D eigenvalue weighted by molar-refractivity contribution is -0.133. The maximum atomic E-state index is 14.5. The van der Waals surface area contributed by atoms with Gasteiger partial charge in [0.2, 0.25) is 0 Å². The third kappa shape index (κ3) is 7.30. The van der Waals surface area contributed by atoms with Gasteiger partial charge in [0, 0.05) is 10.9 Å². The highest BCUT2D eigenvalue weighted by molar-refractivity contribution is 7.13. The van der Waals surface area contributed by atoms with Gasteiger partial charge in [-0.2, -0.15) is 0 Å². The zero-order valence-electron chi connectivity index (χ0n) is 19.1. The minimum absolute atomic E-state index is 0.0426. The summed E-state index contributed by atoms with van der Waals surface area (Å²) in [6, 6.07) is 4.01. The molecule has 34 heavy (non-hydrogen) atoms. The number of amides is 3. The number of benzene rings is 1. The summed E-state index contributed by atoms with van der Waals surface area (Å²) in [5.41, 5.74) is -1.06. The molecule has 0 aliphatic rings. The first-order valence-corrected chi connectivity index (χ1v) is 10.6. The summed E-state index contributed by atoms with van der Waals surface area (Å²) in [6.45, 7) is 9.76. The minimum atomic E-state index is -0.929. The first-order chi connectivity index (χ1) is 15.8. The summed E-state index contributed by atoms with van der Waals surface area (Å²) < 4.78 is 24.0. The second kappa shape index (κ2) is 10.8. The summed E-state index contributed by atoms with van der Waals surface area (Å²) in [5.74, 6) is -3.18. The van der Waals surface area contributed by atoms with Gasteiger partial charge in [-0.15, -0.1) is 11.3 Å². The molecule has 0 aliphatic carbocycles. The van der Waals surface area contributed by atoms with Crippen molar-refractivity contribution >= 4 is 46.6 Å². The fraction of sp³-hybridized carbons (Fsp3) is 0.273. The molecule has 1 aromatic heterocycles. The van der Waals surface area contributed by atoms with E-state index in [1.807, 2.05) is 0 Å². The van der Waals surface area contributed by atoms with Crippen LogP contribution in [0.2, 0.25) is 0 Å². The van der Waals surface area contributed by atoms with Crippen LogP contribution in [0.3, 0.4) is 0 Å². The van der Waals surface area contributed by atoms with Crippen LogP contribution in [0.25, 0.3) is 10.6 Å². The number of rotatable bonds is 6. The van der Waals surface area contributed by atoms with Gasteiger partial charge < -0.3 is 14.8 Å². The van der Waals surface area contributed by atoms with Gasteiger partial charge in [0.1, 0.15) is 33.5 Å². The molecule has 2 N–H and O–H groups in total. The predicted octanol–water partition coefficient (Wildman–Crippen LogP) is 3.70.